The molecule has 0 rings (SSSR count). The molecule has 2 nitrogen and oxygen atoms in total. The summed E-state index contributed by atoms with van der Waals surface area (Å²) in [4.78, 5) is 0. The van der Waals surface area contributed by atoms with E-state index in [9.17, 15) is 10.2 Å². The Bertz CT molecular complexity index is 490. The number of allylic oxidation sites excluding steroid dienone is 10. The zero-order valence-corrected chi connectivity index (χ0v) is 12.8. The van der Waals surface area contributed by atoms with Crippen LogP contribution in [0.15, 0.2) is 97.6 Å². The van der Waals surface area contributed by atoms with Gasteiger partial charge in [-0.2, -0.15) is 0 Å². The van der Waals surface area contributed by atoms with Crippen molar-refractivity contribution in [3.05, 3.63) is 97.6 Å². The average Bonchev–Trinajstić information content (AvgIpc) is 2.47. The lowest BCUT2D eigenvalue weighted by Crippen LogP contribution is -2.15. The van der Waals surface area contributed by atoms with Crippen molar-refractivity contribution in [1.29, 1.82) is 0 Å². The van der Waals surface area contributed by atoms with Crippen LogP contribution >= 0.6 is 0 Å². The minimum Gasteiger partial charge on any atom is -0.508 e. The molecule has 0 atom stereocenters. The van der Waals surface area contributed by atoms with Crippen LogP contribution in [0.2, 0.25) is 0 Å². The number of aliphatic hydroxyl groups is 2. The van der Waals surface area contributed by atoms with Crippen molar-refractivity contribution in [3.63, 3.8) is 0 Å². The van der Waals surface area contributed by atoms with Gasteiger partial charge in [-0.3, -0.25) is 0 Å². The molecule has 0 aliphatic heterocycles. The molecule has 0 radical (unpaired) electrons. The lowest BCUT2D eigenvalue weighted by atomic mass is 9.76. The number of hydrogen-bond acceptors (Lipinski definition) is 2. The summed E-state index contributed by atoms with van der Waals surface area (Å²) in [5.74, 6) is 0.164. The van der Waals surface area contributed by atoms with E-state index in [2.05, 4.69) is 26.3 Å². The van der Waals surface area contributed by atoms with Crippen molar-refractivity contribution in [2.24, 2.45) is 5.41 Å². The Labute approximate surface area is 127 Å². The van der Waals surface area contributed by atoms with Crippen molar-refractivity contribution in [2.45, 2.75) is 13.8 Å². The first kappa shape index (κ1) is 18.5. The molecular formula is C19H24O2. The lowest BCUT2D eigenvalue weighted by Gasteiger charge is -2.27. The molecule has 0 aromatic heterocycles. The van der Waals surface area contributed by atoms with Crippen molar-refractivity contribution < 1.29 is 10.2 Å². The van der Waals surface area contributed by atoms with E-state index in [0.29, 0.717) is 0 Å². The molecule has 2 N–H and O–H groups in total. The van der Waals surface area contributed by atoms with Crippen molar-refractivity contribution in [3.8, 4) is 0 Å². The minimum atomic E-state index is -0.389. The van der Waals surface area contributed by atoms with E-state index in [4.69, 9.17) is 0 Å². The van der Waals surface area contributed by atoms with Crippen molar-refractivity contribution in [1.82, 2.24) is 0 Å². The van der Waals surface area contributed by atoms with Gasteiger partial charge in [-0.1, -0.05) is 64.5 Å². The molecule has 0 unspecified atom stereocenters. The summed E-state index contributed by atoms with van der Waals surface area (Å²) in [5.41, 5.74) is 1.40. The van der Waals surface area contributed by atoms with Gasteiger partial charge in [0.05, 0.1) is 0 Å². The fourth-order valence-corrected chi connectivity index (χ4v) is 1.72. The minimum absolute atomic E-state index is 0.0819. The van der Waals surface area contributed by atoms with Crippen LogP contribution in [-0.4, -0.2) is 10.2 Å². The Morgan fingerprint density at radius 3 is 1.24 bits per heavy atom. The highest BCUT2D eigenvalue weighted by molar-refractivity contribution is 5.42. The van der Waals surface area contributed by atoms with Gasteiger partial charge in [0.25, 0.3) is 0 Å². The van der Waals surface area contributed by atoms with Gasteiger partial charge in [0, 0.05) is 5.41 Å². The van der Waals surface area contributed by atoms with Crippen LogP contribution in [0.1, 0.15) is 13.8 Å². The van der Waals surface area contributed by atoms with E-state index in [-0.39, 0.29) is 16.9 Å². The third kappa shape index (κ3) is 5.57. The largest absolute Gasteiger partial charge is 0.508 e. The van der Waals surface area contributed by atoms with E-state index in [1.54, 1.807) is 36.5 Å². The first-order valence-electron chi connectivity index (χ1n) is 6.56. The number of hydrogen-bond donors (Lipinski definition) is 2. The maximum Gasteiger partial charge on any atom is 0.114 e. The second kappa shape index (κ2) is 8.64. The third-order valence-corrected chi connectivity index (χ3v) is 3.17. The van der Waals surface area contributed by atoms with Gasteiger partial charge in [-0.15, -0.1) is 0 Å². The Balaban J connectivity index is 5.76. The summed E-state index contributed by atoms with van der Waals surface area (Å²) < 4.78 is 0. The van der Waals surface area contributed by atoms with Crippen molar-refractivity contribution >= 4 is 0 Å². The van der Waals surface area contributed by atoms with Crippen LogP contribution in [0.25, 0.3) is 0 Å². The van der Waals surface area contributed by atoms with Gasteiger partial charge < -0.3 is 10.2 Å². The fourth-order valence-electron chi connectivity index (χ4n) is 1.72. The molecular weight excluding hydrogens is 260 g/mol. The highest BCUT2D eigenvalue weighted by Gasteiger charge is 2.23. The predicted octanol–water partition coefficient (Wildman–Crippen LogP) is 5.49. The molecule has 112 valence electrons. The van der Waals surface area contributed by atoms with E-state index in [1.807, 2.05) is 13.8 Å². The summed E-state index contributed by atoms with van der Waals surface area (Å²) >= 11 is 0. The van der Waals surface area contributed by atoms with Gasteiger partial charge in [0.1, 0.15) is 11.5 Å². The molecule has 0 saturated heterocycles. The molecule has 0 heterocycles. The van der Waals surface area contributed by atoms with Crippen LogP contribution in [-0.2, 0) is 0 Å². The van der Waals surface area contributed by atoms with Crippen LogP contribution in [0.5, 0.6) is 0 Å². The molecule has 0 aliphatic rings. The number of aliphatic hydroxyl groups excluding tert-OH is 2. The van der Waals surface area contributed by atoms with Gasteiger partial charge >= 0.3 is 0 Å². The Kier molecular flexibility index (Phi) is 7.62. The molecule has 0 spiro atoms. The molecule has 0 amide bonds. The van der Waals surface area contributed by atoms with Crippen LogP contribution in [0.4, 0.5) is 0 Å². The smallest absolute Gasteiger partial charge is 0.114 e. The second-order valence-electron chi connectivity index (χ2n) is 4.87. The quantitative estimate of drug-likeness (QED) is 0.457. The normalized spacial score (nSPS) is 14.6. The summed E-state index contributed by atoms with van der Waals surface area (Å²) in [7, 11) is 0. The van der Waals surface area contributed by atoms with E-state index in [1.165, 1.54) is 12.2 Å². The Morgan fingerprint density at radius 1 is 0.667 bits per heavy atom. The van der Waals surface area contributed by atoms with Gasteiger partial charge in [-0.25, -0.2) is 0 Å². The SMILES string of the molecule is C=C/C(O)=C\C=C(/C=C)C(C)(C)/C(C=C)=C/C=C(/O)C=C. The molecule has 2 heteroatoms. The maximum absolute atomic E-state index is 9.45. The molecule has 0 fully saturated rings. The van der Waals surface area contributed by atoms with Gasteiger partial charge in [-0.05, 0) is 35.5 Å². The highest BCUT2D eigenvalue weighted by atomic mass is 16.3. The molecule has 0 aliphatic carbocycles. The Hall–Kier alpha value is -2.48. The number of rotatable bonds is 8. The standard InChI is InChI=1S/C19H24O2/c1-7-15(11-13-17(20)9-3)19(5,6)16(8-2)12-14-18(21)10-4/h7-14,20-21H,1-4H2,5-6H3/b15-11+,16-12+,17-13+,18-14+. The van der Waals surface area contributed by atoms with Crippen LogP contribution in [0.3, 0.4) is 0 Å². The molecule has 0 aromatic rings. The zero-order valence-electron chi connectivity index (χ0n) is 12.8. The first-order valence-corrected chi connectivity index (χ1v) is 6.56. The van der Waals surface area contributed by atoms with E-state index < -0.39 is 0 Å². The summed E-state index contributed by atoms with van der Waals surface area (Å²) in [5, 5.41) is 18.9. The topological polar surface area (TPSA) is 40.5 Å². The molecule has 0 aromatic carbocycles. The summed E-state index contributed by atoms with van der Waals surface area (Å²) in [6.07, 6.45) is 12.8. The average molecular weight is 284 g/mol. The second-order valence-corrected chi connectivity index (χ2v) is 4.87. The monoisotopic (exact) mass is 284 g/mol. The van der Waals surface area contributed by atoms with Gasteiger partial charge in [0.2, 0.25) is 0 Å². The van der Waals surface area contributed by atoms with Crippen LogP contribution in [0, 0.1) is 5.41 Å². The third-order valence-electron chi connectivity index (χ3n) is 3.17. The maximum atomic E-state index is 9.45. The van der Waals surface area contributed by atoms with E-state index >= 15 is 0 Å². The van der Waals surface area contributed by atoms with Crippen molar-refractivity contribution in [2.75, 3.05) is 0 Å². The Morgan fingerprint density at radius 2 is 1.00 bits per heavy atom. The molecule has 21 heavy (non-hydrogen) atoms. The van der Waals surface area contributed by atoms with Crippen LogP contribution < -0.4 is 0 Å². The first-order chi connectivity index (χ1) is 9.83. The highest BCUT2D eigenvalue weighted by Crippen LogP contribution is 2.36. The molecule has 0 bridgehead atoms. The molecule has 0 saturated carbocycles. The van der Waals surface area contributed by atoms with Gasteiger partial charge in [0.15, 0.2) is 0 Å². The summed E-state index contributed by atoms with van der Waals surface area (Å²) in [6, 6.07) is 0. The van der Waals surface area contributed by atoms with E-state index in [0.717, 1.165) is 11.1 Å². The fraction of sp³-hybridized carbons (Fsp3) is 0.158. The zero-order chi connectivity index (χ0) is 16.5. The lowest BCUT2D eigenvalue weighted by molar-refractivity contribution is 0.432. The summed E-state index contributed by atoms with van der Waals surface area (Å²) in [6.45, 7) is 18.6. The predicted molar refractivity (Wildman–Crippen MR) is 92.2 cm³/mol.